The minimum atomic E-state index is -0.393. The molecule has 1 aliphatic rings. The molecule has 2 aromatic carbocycles. The fraction of sp³-hybridized carbons (Fsp3) is 0.333. The SMILES string of the molecule is CCCC(=O)N1CCN(c2ccc(Cl)cc2NC(=O)c2ccc(F)cc2)CC1. The molecule has 0 saturated carbocycles. The zero-order chi connectivity index (χ0) is 20.1. The normalized spacial score (nSPS) is 14.1. The predicted molar refractivity (Wildman–Crippen MR) is 110 cm³/mol. The van der Waals surface area contributed by atoms with Gasteiger partial charge in [0.15, 0.2) is 0 Å². The molecule has 0 unspecified atom stereocenters. The van der Waals surface area contributed by atoms with Gasteiger partial charge in [0.05, 0.1) is 11.4 Å². The number of piperazine rings is 1. The van der Waals surface area contributed by atoms with Crippen LogP contribution in [0.4, 0.5) is 15.8 Å². The highest BCUT2D eigenvalue weighted by Gasteiger charge is 2.23. The van der Waals surface area contributed by atoms with Crippen LogP contribution in [0.2, 0.25) is 5.02 Å². The van der Waals surface area contributed by atoms with E-state index in [1.54, 1.807) is 12.1 Å². The molecule has 1 N–H and O–H groups in total. The van der Waals surface area contributed by atoms with Crippen molar-refractivity contribution < 1.29 is 14.0 Å². The van der Waals surface area contributed by atoms with Crippen molar-refractivity contribution in [3.63, 3.8) is 0 Å². The molecule has 0 aromatic heterocycles. The maximum absolute atomic E-state index is 13.1. The third kappa shape index (κ3) is 4.81. The lowest BCUT2D eigenvalue weighted by Crippen LogP contribution is -2.48. The van der Waals surface area contributed by atoms with Crippen LogP contribution in [-0.2, 0) is 4.79 Å². The molecule has 1 saturated heterocycles. The predicted octanol–water partition coefficient (Wildman–Crippen LogP) is 4.18. The van der Waals surface area contributed by atoms with Crippen LogP contribution in [-0.4, -0.2) is 42.9 Å². The van der Waals surface area contributed by atoms with Gasteiger partial charge in [-0.3, -0.25) is 9.59 Å². The maximum Gasteiger partial charge on any atom is 0.255 e. The third-order valence-corrected chi connectivity index (χ3v) is 4.99. The molecular formula is C21H23ClFN3O2. The van der Waals surface area contributed by atoms with E-state index in [4.69, 9.17) is 11.6 Å². The summed E-state index contributed by atoms with van der Waals surface area (Å²) >= 11 is 6.13. The summed E-state index contributed by atoms with van der Waals surface area (Å²) in [6.45, 7) is 4.64. The number of halogens is 2. The van der Waals surface area contributed by atoms with Gasteiger partial charge >= 0.3 is 0 Å². The average molecular weight is 404 g/mol. The first-order valence-electron chi connectivity index (χ1n) is 9.37. The van der Waals surface area contributed by atoms with Crippen LogP contribution in [0.1, 0.15) is 30.1 Å². The molecule has 2 aromatic rings. The topological polar surface area (TPSA) is 52.7 Å². The third-order valence-electron chi connectivity index (χ3n) is 4.75. The Morgan fingerprint density at radius 3 is 2.39 bits per heavy atom. The second kappa shape index (κ2) is 9.06. The van der Waals surface area contributed by atoms with Gasteiger partial charge in [-0.1, -0.05) is 18.5 Å². The maximum atomic E-state index is 13.1. The van der Waals surface area contributed by atoms with Gasteiger partial charge in [0.1, 0.15) is 5.82 Å². The molecule has 0 atom stereocenters. The first-order chi connectivity index (χ1) is 13.5. The van der Waals surface area contributed by atoms with Crippen molar-refractivity contribution in [2.75, 3.05) is 36.4 Å². The molecule has 7 heteroatoms. The fourth-order valence-electron chi connectivity index (χ4n) is 3.25. The van der Waals surface area contributed by atoms with Crippen LogP contribution >= 0.6 is 11.6 Å². The van der Waals surface area contributed by atoms with Gasteiger partial charge in [0.25, 0.3) is 5.91 Å². The first kappa shape index (κ1) is 20.1. The molecule has 0 spiro atoms. The van der Waals surface area contributed by atoms with Crippen LogP contribution < -0.4 is 10.2 Å². The van der Waals surface area contributed by atoms with Crippen molar-refractivity contribution in [2.45, 2.75) is 19.8 Å². The Labute approximate surface area is 169 Å². The van der Waals surface area contributed by atoms with E-state index in [2.05, 4.69) is 10.2 Å². The van der Waals surface area contributed by atoms with E-state index in [1.165, 1.54) is 24.3 Å². The molecule has 1 heterocycles. The summed E-state index contributed by atoms with van der Waals surface area (Å²) in [7, 11) is 0. The molecule has 1 aliphatic heterocycles. The molecule has 5 nitrogen and oxygen atoms in total. The zero-order valence-electron chi connectivity index (χ0n) is 15.8. The lowest BCUT2D eigenvalue weighted by Gasteiger charge is -2.37. The van der Waals surface area contributed by atoms with Gasteiger partial charge in [0.2, 0.25) is 5.91 Å². The van der Waals surface area contributed by atoms with Crippen molar-refractivity contribution in [3.8, 4) is 0 Å². The Morgan fingerprint density at radius 1 is 1.07 bits per heavy atom. The molecule has 0 radical (unpaired) electrons. The number of anilines is 2. The van der Waals surface area contributed by atoms with Gasteiger partial charge in [-0.15, -0.1) is 0 Å². The number of hydrogen-bond donors (Lipinski definition) is 1. The first-order valence-corrected chi connectivity index (χ1v) is 9.75. The second-order valence-electron chi connectivity index (χ2n) is 6.74. The van der Waals surface area contributed by atoms with Crippen molar-refractivity contribution >= 4 is 34.8 Å². The van der Waals surface area contributed by atoms with Gasteiger partial charge in [-0.25, -0.2) is 4.39 Å². The Hall–Kier alpha value is -2.60. The lowest BCUT2D eigenvalue weighted by atomic mass is 10.1. The van der Waals surface area contributed by atoms with E-state index in [0.717, 1.165) is 12.1 Å². The Balaban J connectivity index is 1.73. The van der Waals surface area contributed by atoms with Crippen LogP contribution in [0.25, 0.3) is 0 Å². The molecule has 28 heavy (non-hydrogen) atoms. The summed E-state index contributed by atoms with van der Waals surface area (Å²) in [5.41, 5.74) is 1.81. The minimum absolute atomic E-state index is 0.183. The van der Waals surface area contributed by atoms with Crippen molar-refractivity contribution in [1.82, 2.24) is 4.90 Å². The number of amides is 2. The Kier molecular flexibility index (Phi) is 6.52. The van der Waals surface area contributed by atoms with Crippen LogP contribution in [0.15, 0.2) is 42.5 Å². The molecule has 0 aliphatic carbocycles. The highest BCUT2D eigenvalue weighted by molar-refractivity contribution is 6.31. The number of nitrogens with zero attached hydrogens (tertiary/aromatic N) is 2. The van der Waals surface area contributed by atoms with Crippen LogP contribution in [0, 0.1) is 5.82 Å². The summed E-state index contributed by atoms with van der Waals surface area (Å²) in [6, 6.07) is 10.7. The minimum Gasteiger partial charge on any atom is -0.366 e. The van der Waals surface area contributed by atoms with Crippen molar-refractivity contribution in [3.05, 3.63) is 58.9 Å². The van der Waals surface area contributed by atoms with Gasteiger partial charge in [-0.05, 0) is 48.9 Å². The second-order valence-corrected chi connectivity index (χ2v) is 7.18. The van der Waals surface area contributed by atoms with E-state index in [1.807, 2.05) is 17.9 Å². The molecule has 3 rings (SSSR count). The van der Waals surface area contributed by atoms with Gasteiger partial charge in [-0.2, -0.15) is 0 Å². The number of carbonyl (C=O) groups is 2. The van der Waals surface area contributed by atoms with E-state index < -0.39 is 5.82 Å². The summed E-state index contributed by atoms with van der Waals surface area (Å²) in [6.07, 6.45) is 1.41. The largest absolute Gasteiger partial charge is 0.366 e. The van der Waals surface area contributed by atoms with E-state index in [-0.39, 0.29) is 11.8 Å². The van der Waals surface area contributed by atoms with E-state index >= 15 is 0 Å². The molecule has 2 amide bonds. The van der Waals surface area contributed by atoms with Crippen LogP contribution in [0.5, 0.6) is 0 Å². The van der Waals surface area contributed by atoms with Crippen LogP contribution in [0.3, 0.4) is 0 Å². The van der Waals surface area contributed by atoms with E-state index in [0.29, 0.717) is 48.9 Å². The van der Waals surface area contributed by atoms with Gasteiger partial charge < -0.3 is 15.1 Å². The quantitative estimate of drug-likeness (QED) is 0.814. The number of nitrogens with one attached hydrogen (secondary N) is 1. The monoisotopic (exact) mass is 403 g/mol. The van der Waals surface area contributed by atoms with Crippen molar-refractivity contribution in [2.24, 2.45) is 0 Å². The standard InChI is InChI=1S/C21H23ClFN3O2/c1-2-3-20(27)26-12-10-25(11-13-26)19-9-6-16(22)14-18(19)24-21(28)15-4-7-17(23)8-5-15/h4-9,14H,2-3,10-13H2,1H3,(H,24,28). The lowest BCUT2D eigenvalue weighted by molar-refractivity contribution is -0.131. The number of rotatable bonds is 5. The zero-order valence-corrected chi connectivity index (χ0v) is 16.5. The highest BCUT2D eigenvalue weighted by atomic mass is 35.5. The molecular weight excluding hydrogens is 381 g/mol. The molecule has 0 bridgehead atoms. The number of hydrogen-bond acceptors (Lipinski definition) is 3. The summed E-state index contributed by atoms with van der Waals surface area (Å²) in [5, 5.41) is 3.38. The Morgan fingerprint density at radius 2 is 1.75 bits per heavy atom. The van der Waals surface area contributed by atoms with Gasteiger partial charge in [0, 0.05) is 43.2 Å². The molecule has 148 valence electrons. The molecule has 1 fully saturated rings. The summed E-state index contributed by atoms with van der Waals surface area (Å²) in [5.74, 6) is -0.543. The smallest absolute Gasteiger partial charge is 0.255 e. The van der Waals surface area contributed by atoms with Crippen molar-refractivity contribution in [1.29, 1.82) is 0 Å². The average Bonchev–Trinajstić information content (AvgIpc) is 2.69. The van der Waals surface area contributed by atoms with E-state index in [9.17, 15) is 14.0 Å². The summed E-state index contributed by atoms with van der Waals surface area (Å²) < 4.78 is 13.1. The number of benzene rings is 2. The number of carbonyl (C=O) groups excluding carboxylic acids is 2. The summed E-state index contributed by atoms with van der Waals surface area (Å²) in [4.78, 5) is 28.6. The Bertz CT molecular complexity index is 849. The fourth-order valence-corrected chi connectivity index (χ4v) is 3.42. The highest BCUT2D eigenvalue weighted by Crippen LogP contribution is 2.30.